The highest BCUT2D eigenvalue weighted by Gasteiger charge is 2.37. The van der Waals surface area contributed by atoms with Crippen LogP contribution in [-0.4, -0.2) is 17.4 Å². The van der Waals surface area contributed by atoms with E-state index < -0.39 is 17.6 Å². The number of nitrogens with two attached hydrogens (primary N) is 1. The summed E-state index contributed by atoms with van der Waals surface area (Å²) >= 11 is 6.12. The fraction of sp³-hybridized carbons (Fsp3) is 0.200. The highest BCUT2D eigenvalue weighted by molar-refractivity contribution is 6.33. The first-order chi connectivity index (χ1) is 10.8. The van der Waals surface area contributed by atoms with E-state index in [9.17, 15) is 18.0 Å². The standard InChI is InChI=1S/C15H11ClF3N3O/c16-11-6-8(13(20)23)7-21-14(11)22-5-4-9-10(15(17,18)19)2-1-3-12(9)22/h1-3,6-7H,4-5H2,(H2,20,23). The summed E-state index contributed by atoms with van der Waals surface area (Å²) in [6, 6.07) is 5.37. The van der Waals surface area contributed by atoms with E-state index in [2.05, 4.69) is 4.98 Å². The van der Waals surface area contributed by atoms with E-state index >= 15 is 0 Å². The number of nitrogens with zero attached hydrogens (tertiary/aromatic N) is 2. The number of primary amides is 1. The number of carbonyl (C=O) groups is 1. The highest BCUT2D eigenvalue weighted by Crippen LogP contribution is 2.42. The summed E-state index contributed by atoms with van der Waals surface area (Å²) in [6.45, 7) is 0.324. The van der Waals surface area contributed by atoms with Gasteiger partial charge in [-0.3, -0.25) is 4.79 Å². The Morgan fingerprint density at radius 1 is 1.35 bits per heavy atom. The third kappa shape index (κ3) is 2.72. The van der Waals surface area contributed by atoms with Crippen LogP contribution in [0, 0.1) is 0 Å². The summed E-state index contributed by atoms with van der Waals surface area (Å²) in [7, 11) is 0. The van der Waals surface area contributed by atoms with Crippen molar-refractivity contribution in [2.75, 3.05) is 11.4 Å². The molecule has 8 heteroatoms. The summed E-state index contributed by atoms with van der Waals surface area (Å²) in [4.78, 5) is 16.8. The molecule has 0 fully saturated rings. The zero-order chi connectivity index (χ0) is 16.8. The van der Waals surface area contributed by atoms with Crippen molar-refractivity contribution in [2.24, 2.45) is 5.73 Å². The fourth-order valence-electron chi connectivity index (χ4n) is 2.68. The minimum atomic E-state index is -4.41. The number of benzene rings is 1. The van der Waals surface area contributed by atoms with Gasteiger partial charge in [0.1, 0.15) is 0 Å². The van der Waals surface area contributed by atoms with Crippen molar-refractivity contribution in [1.82, 2.24) is 4.98 Å². The Hall–Kier alpha value is -2.28. The summed E-state index contributed by atoms with van der Waals surface area (Å²) in [5.74, 6) is -0.373. The molecular formula is C15H11ClF3N3O. The minimum absolute atomic E-state index is 0.141. The molecule has 1 amide bonds. The van der Waals surface area contributed by atoms with E-state index in [-0.39, 0.29) is 22.6 Å². The van der Waals surface area contributed by atoms with Gasteiger partial charge in [-0.2, -0.15) is 13.2 Å². The molecule has 4 nitrogen and oxygen atoms in total. The molecule has 2 N–H and O–H groups in total. The molecule has 1 aliphatic rings. The number of fused-ring (bicyclic) bond motifs is 1. The number of anilines is 2. The van der Waals surface area contributed by atoms with Gasteiger partial charge in [-0.15, -0.1) is 0 Å². The molecule has 0 atom stereocenters. The van der Waals surface area contributed by atoms with E-state index in [0.29, 0.717) is 18.1 Å². The van der Waals surface area contributed by atoms with Crippen LogP contribution in [0.2, 0.25) is 5.02 Å². The van der Waals surface area contributed by atoms with Gasteiger partial charge in [-0.25, -0.2) is 4.98 Å². The number of rotatable bonds is 2. The largest absolute Gasteiger partial charge is 0.416 e. The number of hydrogen-bond acceptors (Lipinski definition) is 3. The van der Waals surface area contributed by atoms with Crippen LogP contribution in [0.3, 0.4) is 0 Å². The normalized spacial score (nSPS) is 14.0. The lowest BCUT2D eigenvalue weighted by Crippen LogP contribution is -2.17. The molecule has 3 rings (SSSR count). The smallest absolute Gasteiger partial charge is 0.366 e. The number of halogens is 4. The van der Waals surface area contributed by atoms with Crippen LogP contribution >= 0.6 is 11.6 Å². The first-order valence-corrected chi connectivity index (χ1v) is 7.09. The van der Waals surface area contributed by atoms with Crippen LogP contribution in [0.5, 0.6) is 0 Å². The molecule has 120 valence electrons. The molecular weight excluding hydrogens is 331 g/mol. The molecule has 2 heterocycles. The minimum Gasteiger partial charge on any atom is -0.366 e. The van der Waals surface area contributed by atoms with Crippen LogP contribution < -0.4 is 10.6 Å². The van der Waals surface area contributed by atoms with Gasteiger partial charge < -0.3 is 10.6 Å². The summed E-state index contributed by atoms with van der Waals surface area (Å²) in [5.41, 5.74) is 5.28. The van der Waals surface area contributed by atoms with E-state index in [4.69, 9.17) is 17.3 Å². The third-order valence-corrected chi connectivity index (χ3v) is 3.97. The van der Waals surface area contributed by atoms with Gasteiger partial charge in [0.05, 0.1) is 16.1 Å². The number of hydrogen-bond donors (Lipinski definition) is 1. The van der Waals surface area contributed by atoms with Gasteiger partial charge in [0.15, 0.2) is 5.82 Å². The quantitative estimate of drug-likeness (QED) is 0.908. The second kappa shape index (κ2) is 5.42. The van der Waals surface area contributed by atoms with Gasteiger partial charge in [-0.1, -0.05) is 17.7 Å². The maximum absolute atomic E-state index is 13.1. The lowest BCUT2D eigenvalue weighted by molar-refractivity contribution is -0.138. The Morgan fingerprint density at radius 2 is 2.09 bits per heavy atom. The van der Waals surface area contributed by atoms with Crippen molar-refractivity contribution in [2.45, 2.75) is 12.6 Å². The molecule has 0 unspecified atom stereocenters. The zero-order valence-corrected chi connectivity index (χ0v) is 12.4. The van der Waals surface area contributed by atoms with Gasteiger partial charge >= 0.3 is 6.18 Å². The maximum atomic E-state index is 13.1. The van der Waals surface area contributed by atoms with Crippen molar-refractivity contribution < 1.29 is 18.0 Å². The second-order valence-electron chi connectivity index (χ2n) is 5.10. The molecule has 0 bridgehead atoms. The second-order valence-corrected chi connectivity index (χ2v) is 5.50. The topological polar surface area (TPSA) is 59.2 Å². The predicted molar refractivity (Wildman–Crippen MR) is 79.9 cm³/mol. The molecule has 2 aromatic rings. The molecule has 0 radical (unpaired) electrons. The molecule has 1 aromatic carbocycles. The zero-order valence-electron chi connectivity index (χ0n) is 11.7. The number of carbonyl (C=O) groups excluding carboxylic acids is 1. The molecule has 0 saturated carbocycles. The summed E-state index contributed by atoms with van der Waals surface area (Å²) in [5, 5.41) is 0.159. The lowest BCUT2D eigenvalue weighted by atomic mass is 10.0. The lowest BCUT2D eigenvalue weighted by Gasteiger charge is -2.20. The average Bonchev–Trinajstić information content (AvgIpc) is 2.89. The third-order valence-electron chi connectivity index (χ3n) is 3.69. The first-order valence-electron chi connectivity index (χ1n) is 6.71. The molecule has 0 aliphatic carbocycles. The van der Waals surface area contributed by atoms with E-state index in [1.165, 1.54) is 18.3 Å². The first kappa shape index (κ1) is 15.6. The Morgan fingerprint density at radius 3 is 2.70 bits per heavy atom. The predicted octanol–water partition coefficient (Wildman–Crippen LogP) is 3.55. The molecule has 1 aromatic heterocycles. The van der Waals surface area contributed by atoms with Crippen molar-refractivity contribution in [3.8, 4) is 0 Å². The molecule has 0 spiro atoms. The van der Waals surface area contributed by atoms with E-state index in [1.54, 1.807) is 11.0 Å². The van der Waals surface area contributed by atoms with Crippen LogP contribution in [0.15, 0.2) is 30.5 Å². The van der Waals surface area contributed by atoms with Gasteiger partial charge in [0, 0.05) is 18.4 Å². The van der Waals surface area contributed by atoms with Crippen molar-refractivity contribution >= 4 is 29.0 Å². The van der Waals surface area contributed by atoms with Crippen molar-refractivity contribution in [1.29, 1.82) is 0 Å². The SMILES string of the molecule is NC(=O)c1cnc(N2CCc3c2cccc3C(F)(F)F)c(Cl)c1. The summed E-state index contributed by atoms with van der Waals surface area (Å²) < 4.78 is 39.2. The van der Waals surface area contributed by atoms with E-state index in [0.717, 1.165) is 6.07 Å². The Balaban J connectivity index is 2.06. The van der Waals surface area contributed by atoms with Crippen molar-refractivity contribution in [3.63, 3.8) is 0 Å². The van der Waals surface area contributed by atoms with Gasteiger partial charge in [0.25, 0.3) is 0 Å². The number of aromatic nitrogens is 1. The Bertz CT molecular complexity index is 792. The maximum Gasteiger partial charge on any atom is 0.416 e. The van der Waals surface area contributed by atoms with Crippen LogP contribution in [0.4, 0.5) is 24.7 Å². The van der Waals surface area contributed by atoms with Crippen molar-refractivity contribution in [3.05, 3.63) is 52.2 Å². The molecule has 23 heavy (non-hydrogen) atoms. The fourth-order valence-corrected chi connectivity index (χ4v) is 2.95. The van der Waals surface area contributed by atoms with Crippen LogP contribution in [0.25, 0.3) is 0 Å². The number of alkyl halides is 3. The van der Waals surface area contributed by atoms with E-state index in [1.807, 2.05) is 0 Å². The van der Waals surface area contributed by atoms with Crippen LogP contribution in [-0.2, 0) is 12.6 Å². The molecule has 1 aliphatic heterocycles. The monoisotopic (exact) mass is 341 g/mol. The van der Waals surface area contributed by atoms with Gasteiger partial charge in [0.2, 0.25) is 5.91 Å². The van der Waals surface area contributed by atoms with Gasteiger partial charge in [-0.05, 0) is 30.2 Å². The summed E-state index contributed by atoms with van der Waals surface area (Å²) in [6.07, 6.45) is -2.91. The molecule has 0 saturated heterocycles. The average molecular weight is 342 g/mol. The number of pyridine rings is 1. The number of amides is 1. The highest BCUT2D eigenvalue weighted by atomic mass is 35.5. The Kier molecular flexibility index (Phi) is 3.68. The van der Waals surface area contributed by atoms with Crippen LogP contribution in [0.1, 0.15) is 21.5 Å². The Labute approximate surface area is 134 Å².